The highest BCUT2D eigenvalue weighted by Crippen LogP contribution is 2.22. The number of aldehydes is 1. The lowest BCUT2D eigenvalue weighted by molar-refractivity contribution is 0.111. The number of benzene rings is 2. The minimum Gasteiger partial charge on any atom is -0.329 e. The van der Waals surface area contributed by atoms with Crippen molar-refractivity contribution in [3.8, 4) is 0 Å². The molecule has 1 heterocycles. The third kappa shape index (κ3) is 2.22. The Labute approximate surface area is 119 Å². The first-order valence-electron chi connectivity index (χ1n) is 6.06. The molecule has 0 spiro atoms. The summed E-state index contributed by atoms with van der Waals surface area (Å²) in [5.74, 6) is 0. The summed E-state index contributed by atoms with van der Waals surface area (Å²) in [6, 6.07) is 18.3. The summed E-state index contributed by atoms with van der Waals surface area (Å²) in [5, 5.41) is 2.44. The Morgan fingerprint density at radius 1 is 1.00 bits per heavy atom. The lowest BCUT2D eigenvalue weighted by Gasteiger charge is -2.10. The second-order valence-electron chi connectivity index (χ2n) is 4.42. The van der Waals surface area contributed by atoms with Crippen molar-refractivity contribution < 1.29 is 4.79 Å². The molecule has 0 radical (unpaired) electrons. The molecular weight excluding hydrogens is 302 g/mol. The molecule has 0 aliphatic carbocycles. The molecule has 0 saturated heterocycles. The number of rotatable bonds is 3. The Hall–Kier alpha value is -1.87. The van der Waals surface area contributed by atoms with Gasteiger partial charge in [-0.05, 0) is 44.4 Å². The third-order valence-electron chi connectivity index (χ3n) is 3.29. The largest absolute Gasteiger partial charge is 0.329 e. The second kappa shape index (κ2) is 5.02. The molecule has 0 N–H and O–H groups in total. The van der Waals surface area contributed by atoms with Gasteiger partial charge in [-0.1, -0.05) is 42.5 Å². The maximum Gasteiger partial charge on any atom is 0.166 e. The molecule has 0 bridgehead atoms. The molecular formula is C16H12BrNO. The molecule has 3 rings (SSSR count). The zero-order valence-electron chi connectivity index (χ0n) is 10.2. The Balaban J connectivity index is 2.11. The van der Waals surface area contributed by atoms with Crippen LogP contribution >= 0.6 is 15.9 Å². The van der Waals surface area contributed by atoms with Crippen molar-refractivity contribution in [1.29, 1.82) is 0 Å². The van der Waals surface area contributed by atoms with Gasteiger partial charge in [0.1, 0.15) is 0 Å². The summed E-state index contributed by atoms with van der Waals surface area (Å²) < 4.78 is 2.89. The van der Waals surface area contributed by atoms with Crippen LogP contribution in [0.4, 0.5) is 0 Å². The van der Waals surface area contributed by atoms with Gasteiger partial charge in [0, 0.05) is 6.54 Å². The molecule has 0 aliphatic rings. The third-order valence-corrected chi connectivity index (χ3v) is 3.98. The van der Waals surface area contributed by atoms with Crippen LogP contribution in [0.1, 0.15) is 16.1 Å². The van der Waals surface area contributed by atoms with Crippen molar-refractivity contribution in [3.05, 3.63) is 70.5 Å². The average molecular weight is 314 g/mol. The lowest BCUT2D eigenvalue weighted by atomic mass is 10.0. The van der Waals surface area contributed by atoms with Gasteiger partial charge < -0.3 is 4.57 Å². The number of carbonyl (C=O) groups is 1. The van der Waals surface area contributed by atoms with Gasteiger partial charge in [0.15, 0.2) is 6.29 Å². The van der Waals surface area contributed by atoms with Crippen LogP contribution in [-0.4, -0.2) is 10.9 Å². The molecule has 0 unspecified atom stereocenters. The molecule has 3 aromatic rings. The van der Waals surface area contributed by atoms with Gasteiger partial charge in [-0.3, -0.25) is 4.79 Å². The highest BCUT2D eigenvalue weighted by atomic mass is 79.9. The quantitative estimate of drug-likeness (QED) is 0.662. The van der Waals surface area contributed by atoms with E-state index in [1.807, 2.05) is 28.8 Å². The van der Waals surface area contributed by atoms with E-state index in [9.17, 15) is 4.79 Å². The van der Waals surface area contributed by atoms with Gasteiger partial charge in [0.05, 0.1) is 10.3 Å². The summed E-state index contributed by atoms with van der Waals surface area (Å²) in [4.78, 5) is 11.1. The number of hydrogen-bond donors (Lipinski definition) is 0. The van der Waals surface area contributed by atoms with E-state index >= 15 is 0 Å². The Bertz CT molecular complexity index is 740. The fourth-order valence-corrected chi connectivity index (χ4v) is 2.79. The molecule has 0 atom stereocenters. The maximum absolute atomic E-state index is 11.1. The minimum absolute atomic E-state index is 0.680. The summed E-state index contributed by atoms with van der Waals surface area (Å²) in [5.41, 5.74) is 1.89. The average Bonchev–Trinajstić information content (AvgIpc) is 2.80. The van der Waals surface area contributed by atoms with Crippen LogP contribution < -0.4 is 0 Å². The van der Waals surface area contributed by atoms with Crippen molar-refractivity contribution in [3.63, 3.8) is 0 Å². The van der Waals surface area contributed by atoms with Crippen molar-refractivity contribution in [2.75, 3.05) is 0 Å². The topological polar surface area (TPSA) is 22.0 Å². The molecule has 0 saturated carbocycles. The van der Waals surface area contributed by atoms with Crippen molar-refractivity contribution in [2.45, 2.75) is 6.54 Å². The normalized spacial score (nSPS) is 10.8. The number of aromatic nitrogens is 1. The van der Waals surface area contributed by atoms with E-state index in [1.54, 1.807) is 0 Å². The molecule has 19 heavy (non-hydrogen) atoms. The molecule has 0 fully saturated rings. The molecule has 1 aromatic heterocycles. The van der Waals surface area contributed by atoms with E-state index < -0.39 is 0 Å². The van der Waals surface area contributed by atoms with Gasteiger partial charge in [-0.2, -0.15) is 0 Å². The van der Waals surface area contributed by atoms with Gasteiger partial charge in [0.2, 0.25) is 0 Å². The minimum atomic E-state index is 0.680. The maximum atomic E-state index is 11.1. The van der Waals surface area contributed by atoms with Crippen molar-refractivity contribution >= 4 is 33.0 Å². The Kier molecular flexibility index (Phi) is 3.22. The fraction of sp³-hybridized carbons (Fsp3) is 0.0625. The van der Waals surface area contributed by atoms with Crippen LogP contribution in [0.2, 0.25) is 0 Å². The zero-order chi connectivity index (χ0) is 13.2. The van der Waals surface area contributed by atoms with Crippen LogP contribution in [-0.2, 0) is 6.54 Å². The fourth-order valence-electron chi connectivity index (χ4n) is 2.33. The summed E-state index contributed by atoms with van der Waals surface area (Å²) in [7, 11) is 0. The van der Waals surface area contributed by atoms with E-state index in [-0.39, 0.29) is 0 Å². The predicted octanol–water partition coefficient (Wildman–Crippen LogP) is 4.26. The van der Waals surface area contributed by atoms with Crippen molar-refractivity contribution in [1.82, 2.24) is 4.57 Å². The molecule has 2 aromatic carbocycles. The Morgan fingerprint density at radius 2 is 1.79 bits per heavy atom. The smallest absolute Gasteiger partial charge is 0.166 e. The standard InChI is InChI=1S/C16H12BrNO/c17-16-9-8-14(11-19)18(16)10-13-6-3-5-12-4-1-2-7-15(12)13/h1-9,11H,10H2. The molecule has 3 heteroatoms. The summed E-state index contributed by atoms with van der Waals surface area (Å²) >= 11 is 3.48. The second-order valence-corrected chi connectivity index (χ2v) is 5.24. The number of hydrogen-bond acceptors (Lipinski definition) is 1. The monoisotopic (exact) mass is 313 g/mol. The number of fused-ring (bicyclic) bond motifs is 1. The highest BCUT2D eigenvalue weighted by molar-refractivity contribution is 9.10. The van der Waals surface area contributed by atoms with Gasteiger partial charge >= 0.3 is 0 Å². The lowest BCUT2D eigenvalue weighted by Crippen LogP contribution is -2.04. The van der Waals surface area contributed by atoms with Crippen LogP contribution in [0.25, 0.3) is 10.8 Å². The number of carbonyl (C=O) groups excluding carboxylic acids is 1. The van der Waals surface area contributed by atoms with Crippen LogP contribution in [0, 0.1) is 0 Å². The van der Waals surface area contributed by atoms with Crippen LogP contribution in [0.15, 0.2) is 59.2 Å². The molecule has 94 valence electrons. The Morgan fingerprint density at radius 3 is 2.63 bits per heavy atom. The van der Waals surface area contributed by atoms with E-state index in [4.69, 9.17) is 0 Å². The van der Waals surface area contributed by atoms with Gasteiger partial charge in [0.25, 0.3) is 0 Å². The molecule has 0 amide bonds. The molecule has 2 nitrogen and oxygen atoms in total. The SMILES string of the molecule is O=Cc1ccc(Br)n1Cc1cccc2ccccc12. The highest BCUT2D eigenvalue weighted by Gasteiger charge is 2.07. The van der Waals surface area contributed by atoms with Gasteiger partial charge in [-0.25, -0.2) is 0 Å². The van der Waals surface area contributed by atoms with Crippen LogP contribution in [0.5, 0.6) is 0 Å². The van der Waals surface area contributed by atoms with E-state index in [2.05, 4.69) is 46.3 Å². The van der Waals surface area contributed by atoms with Crippen molar-refractivity contribution in [2.24, 2.45) is 0 Å². The number of nitrogens with zero attached hydrogens (tertiary/aromatic N) is 1. The number of halogens is 1. The zero-order valence-corrected chi connectivity index (χ0v) is 11.8. The van der Waals surface area contributed by atoms with Crippen LogP contribution in [0.3, 0.4) is 0 Å². The van der Waals surface area contributed by atoms with E-state index in [0.717, 1.165) is 10.9 Å². The summed E-state index contributed by atoms with van der Waals surface area (Å²) in [6.07, 6.45) is 0.885. The first-order valence-corrected chi connectivity index (χ1v) is 6.86. The molecule has 0 aliphatic heterocycles. The van der Waals surface area contributed by atoms with E-state index in [1.165, 1.54) is 16.3 Å². The van der Waals surface area contributed by atoms with E-state index in [0.29, 0.717) is 12.2 Å². The van der Waals surface area contributed by atoms with Gasteiger partial charge in [-0.15, -0.1) is 0 Å². The summed E-state index contributed by atoms with van der Waals surface area (Å²) in [6.45, 7) is 0.684. The first kappa shape index (κ1) is 12.2. The first-order chi connectivity index (χ1) is 9.29. The predicted molar refractivity (Wildman–Crippen MR) is 80.6 cm³/mol.